The molecule has 1 aromatic carbocycles. The maximum Gasteiger partial charge on any atom is 0.321 e. The Morgan fingerprint density at radius 3 is 2.67 bits per heavy atom. The third-order valence-electron chi connectivity index (χ3n) is 3.67. The highest BCUT2D eigenvalue weighted by atomic mass is 19.1. The average Bonchev–Trinajstić information content (AvgIpc) is 2.83. The Hall–Kier alpha value is -2.41. The van der Waals surface area contributed by atoms with Crippen LogP contribution in [0.1, 0.15) is 24.7 Å². The first-order valence-electron chi connectivity index (χ1n) is 7.81. The molecule has 1 aromatic heterocycles. The molecule has 1 atom stereocenters. The molecule has 0 unspecified atom stereocenters. The average molecular weight is 334 g/mol. The minimum Gasteiger partial charge on any atom is -0.393 e. The number of nitrogens with one attached hydrogen (secondary N) is 1. The summed E-state index contributed by atoms with van der Waals surface area (Å²) in [6, 6.07) is 6.00. The van der Waals surface area contributed by atoms with Crippen LogP contribution in [0, 0.1) is 19.7 Å². The molecule has 0 saturated heterocycles. The van der Waals surface area contributed by atoms with Crippen molar-refractivity contribution in [3.05, 3.63) is 41.5 Å². The van der Waals surface area contributed by atoms with Crippen molar-refractivity contribution < 1.29 is 14.3 Å². The summed E-state index contributed by atoms with van der Waals surface area (Å²) in [4.78, 5) is 13.5. The van der Waals surface area contributed by atoms with Crippen LogP contribution in [0.5, 0.6) is 0 Å². The number of urea groups is 1. The minimum absolute atomic E-state index is 0.334. The number of anilines is 1. The molecule has 2 amide bonds. The largest absolute Gasteiger partial charge is 0.393 e. The van der Waals surface area contributed by atoms with Gasteiger partial charge in [-0.15, -0.1) is 0 Å². The second-order valence-corrected chi connectivity index (χ2v) is 5.99. The molecule has 2 aromatic rings. The lowest BCUT2D eigenvalue weighted by Gasteiger charge is -2.19. The summed E-state index contributed by atoms with van der Waals surface area (Å²) >= 11 is 0. The van der Waals surface area contributed by atoms with Crippen molar-refractivity contribution in [2.75, 3.05) is 18.9 Å². The monoisotopic (exact) mass is 334 g/mol. The van der Waals surface area contributed by atoms with Gasteiger partial charge >= 0.3 is 6.03 Å². The summed E-state index contributed by atoms with van der Waals surface area (Å²) in [7, 11) is 1.62. The van der Waals surface area contributed by atoms with E-state index in [0.29, 0.717) is 24.3 Å². The van der Waals surface area contributed by atoms with E-state index in [1.54, 1.807) is 26.1 Å². The van der Waals surface area contributed by atoms with Gasteiger partial charge in [-0.05, 0) is 51.5 Å². The van der Waals surface area contributed by atoms with Crippen LogP contribution in [-0.2, 0) is 0 Å². The molecule has 0 aliphatic carbocycles. The van der Waals surface area contributed by atoms with Crippen molar-refractivity contribution in [2.45, 2.75) is 33.3 Å². The Kier molecular flexibility index (Phi) is 5.56. The van der Waals surface area contributed by atoms with Gasteiger partial charge in [0.15, 0.2) is 5.82 Å². The first-order valence-corrected chi connectivity index (χ1v) is 7.81. The van der Waals surface area contributed by atoms with Crippen molar-refractivity contribution in [3.8, 4) is 5.69 Å². The van der Waals surface area contributed by atoms with Crippen molar-refractivity contribution in [1.82, 2.24) is 14.7 Å². The first kappa shape index (κ1) is 17.9. The molecule has 0 radical (unpaired) electrons. The molecule has 1 heterocycles. The lowest BCUT2D eigenvalue weighted by Crippen LogP contribution is -2.33. The summed E-state index contributed by atoms with van der Waals surface area (Å²) in [6.07, 6.45) is 0.00699. The van der Waals surface area contributed by atoms with Gasteiger partial charge in [-0.2, -0.15) is 5.10 Å². The quantitative estimate of drug-likeness (QED) is 0.883. The maximum atomic E-state index is 14.4. The highest BCUT2D eigenvalue weighted by Crippen LogP contribution is 2.20. The molecule has 0 saturated carbocycles. The zero-order valence-electron chi connectivity index (χ0n) is 14.4. The SMILES string of the molecule is Cc1cc(C)n(-c2ccc(NC(=O)N(C)CC[C@@H](C)O)cc2F)n1. The van der Waals surface area contributed by atoms with Gasteiger partial charge in [0.25, 0.3) is 0 Å². The van der Waals surface area contributed by atoms with Crippen molar-refractivity contribution in [3.63, 3.8) is 0 Å². The van der Waals surface area contributed by atoms with Crippen LogP contribution in [-0.4, -0.2) is 45.5 Å². The van der Waals surface area contributed by atoms with Gasteiger partial charge in [-0.1, -0.05) is 0 Å². The normalized spacial score (nSPS) is 12.1. The van der Waals surface area contributed by atoms with Gasteiger partial charge in [0.1, 0.15) is 5.69 Å². The van der Waals surface area contributed by atoms with E-state index in [1.807, 2.05) is 19.9 Å². The molecule has 130 valence electrons. The molecular formula is C17H23FN4O2. The van der Waals surface area contributed by atoms with Crippen LogP contribution in [0.25, 0.3) is 5.69 Å². The van der Waals surface area contributed by atoms with Crippen molar-refractivity contribution in [1.29, 1.82) is 0 Å². The number of nitrogens with zero attached hydrogens (tertiary/aromatic N) is 3. The Morgan fingerprint density at radius 1 is 1.42 bits per heavy atom. The fourth-order valence-corrected chi connectivity index (χ4v) is 2.33. The van der Waals surface area contributed by atoms with E-state index >= 15 is 0 Å². The third kappa shape index (κ3) is 4.32. The molecular weight excluding hydrogens is 311 g/mol. The topological polar surface area (TPSA) is 70.4 Å². The highest BCUT2D eigenvalue weighted by molar-refractivity contribution is 5.89. The summed E-state index contributed by atoms with van der Waals surface area (Å²) in [5.74, 6) is -0.467. The molecule has 7 heteroatoms. The van der Waals surface area contributed by atoms with Crippen LogP contribution in [0.4, 0.5) is 14.9 Å². The molecule has 0 bridgehead atoms. The van der Waals surface area contributed by atoms with Crippen molar-refractivity contribution >= 4 is 11.7 Å². The van der Waals surface area contributed by atoms with Crippen LogP contribution in [0.15, 0.2) is 24.3 Å². The second-order valence-electron chi connectivity index (χ2n) is 5.99. The van der Waals surface area contributed by atoms with E-state index in [0.717, 1.165) is 11.4 Å². The molecule has 0 fully saturated rings. The van der Waals surface area contributed by atoms with E-state index < -0.39 is 11.9 Å². The van der Waals surface area contributed by atoms with E-state index in [2.05, 4.69) is 10.4 Å². The Bertz CT molecular complexity index is 727. The predicted molar refractivity (Wildman–Crippen MR) is 90.9 cm³/mol. The Labute approximate surface area is 140 Å². The molecule has 24 heavy (non-hydrogen) atoms. The van der Waals surface area contributed by atoms with Crippen LogP contribution in [0.3, 0.4) is 0 Å². The summed E-state index contributed by atoms with van der Waals surface area (Å²) in [6.45, 7) is 5.78. The lowest BCUT2D eigenvalue weighted by molar-refractivity contribution is 0.167. The van der Waals surface area contributed by atoms with Crippen LogP contribution >= 0.6 is 0 Å². The number of benzene rings is 1. The third-order valence-corrected chi connectivity index (χ3v) is 3.67. The molecule has 2 N–H and O–H groups in total. The smallest absolute Gasteiger partial charge is 0.321 e. The number of hydrogen-bond donors (Lipinski definition) is 2. The molecule has 0 spiro atoms. The number of carbonyl (C=O) groups is 1. The second kappa shape index (κ2) is 7.44. The molecule has 0 aliphatic heterocycles. The Morgan fingerprint density at radius 2 is 2.12 bits per heavy atom. The standard InChI is InChI=1S/C17H23FN4O2/c1-11-9-12(2)22(20-11)16-6-5-14(10-15(16)18)19-17(24)21(4)8-7-13(3)23/h5-6,9-10,13,23H,7-8H2,1-4H3,(H,19,24)/t13-/m1/s1. The summed E-state index contributed by atoms with van der Waals surface area (Å²) in [5, 5.41) is 16.2. The Balaban J connectivity index is 2.09. The fourth-order valence-electron chi connectivity index (χ4n) is 2.33. The number of aromatic nitrogens is 2. The van der Waals surface area contributed by atoms with Crippen LogP contribution in [0.2, 0.25) is 0 Å². The van der Waals surface area contributed by atoms with Crippen molar-refractivity contribution in [2.24, 2.45) is 0 Å². The number of halogens is 1. The number of aliphatic hydroxyl groups excluding tert-OH is 1. The van der Waals surface area contributed by atoms with E-state index in [1.165, 1.54) is 15.6 Å². The molecule has 0 aliphatic rings. The van der Waals surface area contributed by atoms with Gasteiger partial charge in [0, 0.05) is 25.0 Å². The maximum absolute atomic E-state index is 14.4. The minimum atomic E-state index is -0.474. The summed E-state index contributed by atoms with van der Waals surface area (Å²) < 4.78 is 15.9. The number of aryl methyl sites for hydroxylation is 2. The number of hydrogen-bond acceptors (Lipinski definition) is 3. The van der Waals surface area contributed by atoms with E-state index in [-0.39, 0.29) is 6.03 Å². The molecule has 2 rings (SSSR count). The van der Waals surface area contributed by atoms with E-state index in [9.17, 15) is 14.3 Å². The van der Waals surface area contributed by atoms with Gasteiger partial charge in [-0.25, -0.2) is 13.9 Å². The number of carbonyl (C=O) groups excluding carboxylic acids is 1. The number of rotatable bonds is 5. The first-order chi connectivity index (χ1) is 11.3. The van der Waals surface area contributed by atoms with Gasteiger partial charge < -0.3 is 15.3 Å². The van der Waals surface area contributed by atoms with Gasteiger partial charge in [0.05, 0.1) is 11.8 Å². The van der Waals surface area contributed by atoms with Crippen LogP contribution < -0.4 is 5.32 Å². The fraction of sp³-hybridized carbons (Fsp3) is 0.412. The lowest BCUT2D eigenvalue weighted by atomic mass is 10.2. The summed E-state index contributed by atoms with van der Waals surface area (Å²) in [5.41, 5.74) is 2.35. The van der Waals surface area contributed by atoms with Gasteiger partial charge in [0.2, 0.25) is 0 Å². The number of aliphatic hydroxyl groups is 1. The zero-order valence-corrected chi connectivity index (χ0v) is 14.4. The van der Waals surface area contributed by atoms with E-state index in [4.69, 9.17) is 0 Å². The molecule has 6 nitrogen and oxygen atoms in total. The van der Waals surface area contributed by atoms with Gasteiger partial charge in [-0.3, -0.25) is 0 Å². The highest BCUT2D eigenvalue weighted by Gasteiger charge is 2.13. The predicted octanol–water partition coefficient (Wildman–Crippen LogP) is 2.86. The zero-order chi connectivity index (χ0) is 17.9. The number of amides is 2.